The Kier molecular flexibility index (Phi) is 2.06. The molecule has 1 aromatic rings. The molecule has 1 heterocycles. The van der Waals surface area contributed by atoms with Crippen LogP contribution in [0.2, 0.25) is 0 Å². The number of hydrogen-bond donors (Lipinski definition) is 1. The van der Waals surface area contributed by atoms with Gasteiger partial charge in [-0.1, -0.05) is 0 Å². The quantitative estimate of drug-likeness (QED) is 0.653. The monoisotopic (exact) mass is 155 g/mol. The molecule has 1 N–H and O–H groups in total. The number of aryl methyl sites for hydroxylation is 1. The van der Waals surface area contributed by atoms with Crippen molar-refractivity contribution < 1.29 is 4.79 Å². The molecule has 1 amide bonds. The normalized spacial score (nSPS) is 9.40. The SMILES string of the molecule is CNC(=O)c1sccc1C. The zero-order chi connectivity index (χ0) is 7.56. The average molecular weight is 155 g/mol. The van der Waals surface area contributed by atoms with Gasteiger partial charge in [-0.2, -0.15) is 0 Å². The Morgan fingerprint density at radius 3 is 2.80 bits per heavy atom. The summed E-state index contributed by atoms with van der Waals surface area (Å²) in [5.41, 5.74) is 1.05. The molecule has 0 aliphatic carbocycles. The average Bonchev–Trinajstić information content (AvgIpc) is 2.34. The second-order valence-corrected chi connectivity index (χ2v) is 2.93. The summed E-state index contributed by atoms with van der Waals surface area (Å²) in [5.74, 6) is 0.00694. The Labute approximate surface area is 63.9 Å². The Hall–Kier alpha value is -0.830. The molecule has 0 saturated heterocycles. The van der Waals surface area contributed by atoms with Gasteiger partial charge in [-0.05, 0) is 23.9 Å². The molecule has 3 heteroatoms. The summed E-state index contributed by atoms with van der Waals surface area (Å²) in [6, 6.07) is 1.94. The number of amides is 1. The van der Waals surface area contributed by atoms with Crippen LogP contribution in [0.15, 0.2) is 11.4 Å². The summed E-state index contributed by atoms with van der Waals surface area (Å²) >= 11 is 1.47. The number of carbonyl (C=O) groups excluding carboxylic acids is 1. The molecule has 0 atom stereocenters. The van der Waals surface area contributed by atoms with Crippen LogP contribution in [-0.4, -0.2) is 13.0 Å². The smallest absolute Gasteiger partial charge is 0.261 e. The lowest BCUT2D eigenvalue weighted by Crippen LogP contribution is -2.17. The summed E-state index contributed by atoms with van der Waals surface area (Å²) in [7, 11) is 1.64. The molecule has 0 aliphatic heterocycles. The summed E-state index contributed by atoms with van der Waals surface area (Å²) in [4.78, 5) is 11.8. The maximum absolute atomic E-state index is 11.0. The van der Waals surface area contributed by atoms with Gasteiger partial charge in [0, 0.05) is 7.05 Å². The molecule has 2 nitrogen and oxygen atoms in total. The third-order valence-corrected chi connectivity index (χ3v) is 2.31. The first kappa shape index (κ1) is 7.28. The van der Waals surface area contributed by atoms with Crippen molar-refractivity contribution in [1.29, 1.82) is 0 Å². The lowest BCUT2D eigenvalue weighted by atomic mass is 10.3. The molecule has 10 heavy (non-hydrogen) atoms. The number of rotatable bonds is 1. The van der Waals surface area contributed by atoms with Gasteiger partial charge in [0.25, 0.3) is 5.91 Å². The van der Waals surface area contributed by atoms with E-state index in [9.17, 15) is 4.79 Å². The molecule has 0 fully saturated rings. The fourth-order valence-electron chi connectivity index (χ4n) is 0.719. The van der Waals surface area contributed by atoms with Gasteiger partial charge >= 0.3 is 0 Å². The standard InChI is InChI=1S/C7H9NOS/c1-5-3-4-10-6(5)7(9)8-2/h3-4H,1-2H3,(H,8,9). The van der Waals surface area contributed by atoms with Crippen LogP contribution in [0.1, 0.15) is 15.2 Å². The van der Waals surface area contributed by atoms with Crippen LogP contribution in [-0.2, 0) is 0 Å². The third kappa shape index (κ3) is 1.19. The lowest BCUT2D eigenvalue weighted by molar-refractivity contribution is 0.0966. The van der Waals surface area contributed by atoms with E-state index in [2.05, 4.69) is 5.32 Å². The van der Waals surface area contributed by atoms with E-state index >= 15 is 0 Å². The summed E-state index contributed by atoms with van der Waals surface area (Å²) in [6.45, 7) is 1.93. The van der Waals surface area contributed by atoms with E-state index in [-0.39, 0.29) is 5.91 Å². The first-order valence-electron chi connectivity index (χ1n) is 3.02. The highest BCUT2D eigenvalue weighted by atomic mass is 32.1. The van der Waals surface area contributed by atoms with Gasteiger partial charge < -0.3 is 5.32 Å². The number of carbonyl (C=O) groups is 1. The first-order valence-corrected chi connectivity index (χ1v) is 3.90. The van der Waals surface area contributed by atoms with Crippen LogP contribution in [0.4, 0.5) is 0 Å². The minimum absolute atomic E-state index is 0.00694. The van der Waals surface area contributed by atoms with Gasteiger partial charge in [0.15, 0.2) is 0 Å². The Morgan fingerprint density at radius 1 is 1.70 bits per heavy atom. The van der Waals surface area contributed by atoms with Crippen molar-refractivity contribution in [3.63, 3.8) is 0 Å². The van der Waals surface area contributed by atoms with Crippen molar-refractivity contribution >= 4 is 17.2 Å². The van der Waals surface area contributed by atoms with Gasteiger partial charge in [0.1, 0.15) is 0 Å². The molecule has 0 bridgehead atoms. The van der Waals surface area contributed by atoms with Gasteiger partial charge in [-0.25, -0.2) is 0 Å². The minimum atomic E-state index is 0.00694. The van der Waals surface area contributed by atoms with Crippen LogP contribution >= 0.6 is 11.3 Å². The van der Waals surface area contributed by atoms with E-state index in [0.29, 0.717) is 0 Å². The Balaban J connectivity index is 2.93. The van der Waals surface area contributed by atoms with Crippen LogP contribution in [0, 0.1) is 6.92 Å². The molecule has 0 radical (unpaired) electrons. The topological polar surface area (TPSA) is 29.1 Å². The predicted octanol–water partition coefficient (Wildman–Crippen LogP) is 1.42. The molecular weight excluding hydrogens is 146 g/mol. The minimum Gasteiger partial charge on any atom is -0.354 e. The highest BCUT2D eigenvalue weighted by molar-refractivity contribution is 7.12. The van der Waals surface area contributed by atoms with Crippen LogP contribution < -0.4 is 5.32 Å². The number of thiophene rings is 1. The van der Waals surface area contributed by atoms with E-state index in [1.807, 2.05) is 18.4 Å². The summed E-state index contributed by atoms with van der Waals surface area (Å²) in [6.07, 6.45) is 0. The largest absolute Gasteiger partial charge is 0.354 e. The van der Waals surface area contributed by atoms with Crippen molar-refractivity contribution in [3.05, 3.63) is 21.9 Å². The molecular formula is C7H9NOS. The van der Waals surface area contributed by atoms with E-state index in [1.54, 1.807) is 7.05 Å². The van der Waals surface area contributed by atoms with Crippen molar-refractivity contribution in [2.45, 2.75) is 6.92 Å². The number of nitrogens with one attached hydrogen (secondary N) is 1. The highest BCUT2D eigenvalue weighted by Gasteiger charge is 2.06. The molecule has 1 rings (SSSR count). The molecule has 0 saturated carbocycles. The van der Waals surface area contributed by atoms with E-state index in [0.717, 1.165) is 10.4 Å². The van der Waals surface area contributed by atoms with Gasteiger partial charge in [-0.15, -0.1) is 11.3 Å². The molecule has 0 aromatic carbocycles. The second-order valence-electron chi connectivity index (χ2n) is 2.01. The maximum Gasteiger partial charge on any atom is 0.261 e. The van der Waals surface area contributed by atoms with Crippen LogP contribution in [0.25, 0.3) is 0 Å². The summed E-state index contributed by atoms with van der Waals surface area (Å²) < 4.78 is 0. The molecule has 54 valence electrons. The van der Waals surface area contributed by atoms with E-state index < -0.39 is 0 Å². The fraction of sp³-hybridized carbons (Fsp3) is 0.286. The lowest BCUT2D eigenvalue weighted by Gasteiger charge is -1.94. The van der Waals surface area contributed by atoms with Gasteiger partial charge in [-0.3, -0.25) is 4.79 Å². The maximum atomic E-state index is 11.0. The Bertz CT molecular complexity index is 242. The van der Waals surface area contributed by atoms with Gasteiger partial charge in [0.2, 0.25) is 0 Å². The van der Waals surface area contributed by atoms with E-state index in [4.69, 9.17) is 0 Å². The molecule has 0 aliphatic rings. The van der Waals surface area contributed by atoms with Crippen molar-refractivity contribution in [1.82, 2.24) is 5.32 Å². The Morgan fingerprint density at radius 2 is 2.40 bits per heavy atom. The second kappa shape index (κ2) is 2.84. The van der Waals surface area contributed by atoms with Crippen molar-refractivity contribution in [2.75, 3.05) is 7.05 Å². The molecule has 0 spiro atoms. The molecule has 1 aromatic heterocycles. The molecule has 0 unspecified atom stereocenters. The zero-order valence-corrected chi connectivity index (χ0v) is 6.79. The summed E-state index contributed by atoms with van der Waals surface area (Å²) in [5, 5.41) is 4.50. The predicted molar refractivity (Wildman–Crippen MR) is 42.4 cm³/mol. The third-order valence-electron chi connectivity index (χ3n) is 1.30. The van der Waals surface area contributed by atoms with Gasteiger partial charge in [0.05, 0.1) is 4.88 Å². The zero-order valence-electron chi connectivity index (χ0n) is 5.97. The van der Waals surface area contributed by atoms with E-state index in [1.165, 1.54) is 11.3 Å². The van der Waals surface area contributed by atoms with Crippen molar-refractivity contribution in [3.8, 4) is 0 Å². The fourth-order valence-corrected chi connectivity index (χ4v) is 1.59. The van der Waals surface area contributed by atoms with Crippen molar-refractivity contribution in [2.24, 2.45) is 0 Å². The van der Waals surface area contributed by atoms with Crippen LogP contribution in [0.3, 0.4) is 0 Å². The van der Waals surface area contributed by atoms with Crippen LogP contribution in [0.5, 0.6) is 0 Å². The number of hydrogen-bond acceptors (Lipinski definition) is 2. The highest BCUT2D eigenvalue weighted by Crippen LogP contribution is 2.14. The first-order chi connectivity index (χ1) is 4.75.